The summed E-state index contributed by atoms with van der Waals surface area (Å²) < 4.78 is 32.7. The van der Waals surface area contributed by atoms with Crippen LogP contribution >= 0.6 is 15.9 Å². The number of hydrogen-bond acceptors (Lipinski definition) is 4. The summed E-state index contributed by atoms with van der Waals surface area (Å²) in [7, 11) is -2.03. The van der Waals surface area contributed by atoms with Gasteiger partial charge in [-0.15, -0.1) is 0 Å². The zero-order valence-electron chi connectivity index (χ0n) is 16.4. The van der Waals surface area contributed by atoms with Crippen molar-refractivity contribution in [1.29, 1.82) is 0 Å². The molecule has 1 unspecified atom stereocenters. The molecule has 0 saturated heterocycles. The van der Waals surface area contributed by atoms with Gasteiger partial charge in [-0.2, -0.15) is 4.31 Å². The van der Waals surface area contributed by atoms with Gasteiger partial charge in [0.05, 0.1) is 22.5 Å². The largest absolute Gasteiger partial charge is 0.496 e. The first-order valence-electron chi connectivity index (χ1n) is 8.99. The van der Waals surface area contributed by atoms with Gasteiger partial charge in [-0.1, -0.05) is 26.0 Å². The van der Waals surface area contributed by atoms with Crippen molar-refractivity contribution in [3.63, 3.8) is 0 Å². The van der Waals surface area contributed by atoms with E-state index in [4.69, 9.17) is 4.74 Å². The highest BCUT2D eigenvalue weighted by atomic mass is 79.9. The molecule has 6 nitrogen and oxygen atoms in total. The molecule has 0 saturated carbocycles. The molecule has 0 bridgehead atoms. The van der Waals surface area contributed by atoms with E-state index in [0.29, 0.717) is 24.4 Å². The summed E-state index contributed by atoms with van der Waals surface area (Å²) in [5, 5.41) is 2.90. The molecule has 28 heavy (non-hydrogen) atoms. The zero-order valence-corrected chi connectivity index (χ0v) is 18.8. The van der Waals surface area contributed by atoms with Gasteiger partial charge in [0.25, 0.3) is 5.91 Å². The monoisotopic (exact) mass is 468 g/mol. The molecule has 2 aromatic rings. The average molecular weight is 469 g/mol. The second-order valence-corrected chi connectivity index (χ2v) is 9.00. The molecule has 0 fully saturated rings. The molecule has 0 aliphatic heterocycles. The Bertz CT molecular complexity index is 943. The molecule has 1 N–H and O–H groups in total. The lowest BCUT2D eigenvalue weighted by Gasteiger charge is -2.19. The molecule has 2 rings (SSSR count). The van der Waals surface area contributed by atoms with Gasteiger partial charge in [-0.3, -0.25) is 4.79 Å². The van der Waals surface area contributed by atoms with Crippen LogP contribution in [0.5, 0.6) is 5.75 Å². The van der Waals surface area contributed by atoms with E-state index in [1.807, 2.05) is 25.1 Å². The van der Waals surface area contributed by atoms with Crippen LogP contribution in [0.3, 0.4) is 0 Å². The van der Waals surface area contributed by atoms with Crippen molar-refractivity contribution in [1.82, 2.24) is 9.62 Å². The van der Waals surface area contributed by atoms with Gasteiger partial charge < -0.3 is 10.1 Å². The van der Waals surface area contributed by atoms with Crippen LogP contribution in [-0.4, -0.2) is 38.8 Å². The first-order valence-corrected chi connectivity index (χ1v) is 11.2. The van der Waals surface area contributed by atoms with Crippen molar-refractivity contribution in [2.45, 2.75) is 31.7 Å². The number of methoxy groups -OCH3 is 1. The van der Waals surface area contributed by atoms with Crippen molar-refractivity contribution in [2.24, 2.45) is 0 Å². The van der Waals surface area contributed by atoms with E-state index in [-0.39, 0.29) is 16.8 Å². The molecule has 0 aliphatic rings. The third kappa shape index (κ3) is 4.92. The summed E-state index contributed by atoms with van der Waals surface area (Å²) in [6.45, 7) is 6.18. The Morgan fingerprint density at radius 3 is 2.43 bits per heavy atom. The quantitative estimate of drug-likeness (QED) is 0.635. The van der Waals surface area contributed by atoms with E-state index < -0.39 is 10.0 Å². The van der Waals surface area contributed by atoms with Crippen molar-refractivity contribution in [2.75, 3.05) is 20.2 Å². The Kier molecular flexibility index (Phi) is 7.63. The fourth-order valence-electron chi connectivity index (χ4n) is 2.83. The number of ether oxygens (including phenoxy) is 1. The maximum Gasteiger partial charge on any atom is 0.251 e. The van der Waals surface area contributed by atoms with E-state index in [1.54, 1.807) is 33.1 Å². The highest BCUT2D eigenvalue weighted by Gasteiger charge is 2.23. The van der Waals surface area contributed by atoms with Gasteiger partial charge in [-0.05, 0) is 58.7 Å². The third-order valence-corrected chi connectivity index (χ3v) is 7.13. The lowest BCUT2D eigenvalue weighted by atomic mass is 10.1. The standard InChI is InChI=1S/C20H25BrN2O4S/c1-5-23(6-2)28(25,26)17-9-7-8-16(12-17)20(24)22-14(3)15-10-11-19(27-4)18(21)13-15/h7-14H,5-6H2,1-4H3,(H,22,24). The van der Waals surface area contributed by atoms with E-state index in [9.17, 15) is 13.2 Å². The minimum absolute atomic E-state index is 0.115. The number of carbonyl (C=O) groups excluding carboxylic acids is 1. The maximum atomic E-state index is 12.7. The molecule has 0 spiro atoms. The number of carbonyl (C=O) groups is 1. The highest BCUT2D eigenvalue weighted by molar-refractivity contribution is 9.10. The number of hydrogen-bond donors (Lipinski definition) is 1. The highest BCUT2D eigenvalue weighted by Crippen LogP contribution is 2.28. The Morgan fingerprint density at radius 1 is 1.18 bits per heavy atom. The number of amides is 1. The molecule has 0 aliphatic carbocycles. The lowest BCUT2D eigenvalue weighted by molar-refractivity contribution is 0.0939. The molecule has 2 aromatic carbocycles. The Labute approximate surface area is 175 Å². The number of nitrogens with zero attached hydrogens (tertiary/aromatic N) is 1. The SMILES string of the molecule is CCN(CC)S(=O)(=O)c1cccc(C(=O)NC(C)c2ccc(OC)c(Br)c2)c1. The molecule has 0 aromatic heterocycles. The fraction of sp³-hybridized carbons (Fsp3) is 0.350. The molecule has 1 atom stereocenters. The van der Waals surface area contributed by atoms with Crippen molar-refractivity contribution >= 4 is 31.9 Å². The minimum atomic E-state index is -3.62. The predicted octanol–water partition coefficient (Wildman–Crippen LogP) is 3.98. The second kappa shape index (κ2) is 9.54. The van der Waals surface area contributed by atoms with Crippen LogP contribution in [0.1, 0.15) is 42.7 Å². The Morgan fingerprint density at radius 2 is 1.86 bits per heavy atom. The van der Waals surface area contributed by atoms with Crippen LogP contribution in [0.25, 0.3) is 0 Å². The van der Waals surface area contributed by atoms with Crippen LogP contribution in [0, 0.1) is 0 Å². The van der Waals surface area contributed by atoms with Crippen LogP contribution in [0.15, 0.2) is 51.8 Å². The van der Waals surface area contributed by atoms with Gasteiger partial charge in [-0.25, -0.2) is 8.42 Å². The molecular weight excluding hydrogens is 444 g/mol. The number of halogens is 1. The number of benzene rings is 2. The van der Waals surface area contributed by atoms with Crippen LogP contribution < -0.4 is 10.1 Å². The molecule has 1 amide bonds. The fourth-order valence-corrected chi connectivity index (χ4v) is 4.89. The molecule has 152 valence electrons. The van der Waals surface area contributed by atoms with Crippen LogP contribution in [-0.2, 0) is 10.0 Å². The molecule has 8 heteroatoms. The summed E-state index contributed by atoms with van der Waals surface area (Å²) in [5.41, 5.74) is 1.20. The van der Waals surface area contributed by atoms with Gasteiger partial charge in [0.15, 0.2) is 0 Å². The van der Waals surface area contributed by atoms with Gasteiger partial charge in [0.1, 0.15) is 5.75 Å². The normalized spacial score (nSPS) is 12.6. The smallest absolute Gasteiger partial charge is 0.251 e. The first kappa shape index (κ1) is 22.4. The third-order valence-electron chi connectivity index (χ3n) is 4.46. The Hall–Kier alpha value is -1.90. The molecule has 0 heterocycles. The van der Waals surface area contributed by atoms with E-state index in [1.165, 1.54) is 16.4 Å². The minimum Gasteiger partial charge on any atom is -0.496 e. The summed E-state index contributed by atoms with van der Waals surface area (Å²) in [5.74, 6) is 0.368. The second-order valence-electron chi connectivity index (χ2n) is 6.21. The first-order chi connectivity index (χ1) is 13.2. The van der Waals surface area contributed by atoms with Crippen LogP contribution in [0.4, 0.5) is 0 Å². The van der Waals surface area contributed by atoms with E-state index >= 15 is 0 Å². The average Bonchev–Trinajstić information content (AvgIpc) is 2.68. The summed E-state index contributed by atoms with van der Waals surface area (Å²) in [6.07, 6.45) is 0. The predicted molar refractivity (Wildman–Crippen MR) is 113 cm³/mol. The van der Waals surface area contributed by atoms with Gasteiger partial charge >= 0.3 is 0 Å². The van der Waals surface area contributed by atoms with Crippen molar-refractivity contribution in [3.8, 4) is 5.75 Å². The summed E-state index contributed by atoms with van der Waals surface area (Å²) >= 11 is 3.44. The number of sulfonamides is 1. The van der Waals surface area contributed by atoms with E-state index in [2.05, 4.69) is 21.2 Å². The maximum absolute atomic E-state index is 12.7. The molecule has 0 radical (unpaired) electrons. The Balaban J connectivity index is 2.22. The van der Waals surface area contributed by atoms with Crippen molar-refractivity contribution in [3.05, 3.63) is 58.1 Å². The van der Waals surface area contributed by atoms with Crippen LogP contribution in [0.2, 0.25) is 0 Å². The number of rotatable bonds is 8. The summed E-state index contributed by atoms with van der Waals surface area (Å²) in [6, 6.07) is 11.4. The van der Waals surface area contributed by atoms with Gasteiger partial charge in [0, 0.05) is 18.7 Å². The number of nitrogens with one attached hydrogen (secondary N) is 1. The lowest BCUT2D eigenvalue weighted by Crippen LogP contribution is -2.31. The summed E-state index contributed by atoms with van der Waals surface area (Å²) in [4.78, 5) is 12.8. The van der Waals surface area contributed by atoms with Crippen molar-refractivity contribution < 1.29 is 17.9 Å². The van der Waals surface area contributed by atoms with Gasteiger partial charge in [0.2, 0.25) is 10.0 Å². The zero-order chi connectivity index (χ0) is 20.9. The topological polar surface area (TPSA) is 75.7 Å². The van der Waals surface area contributed by atoms with E-state index in [0.717, 1.165) is 10.0 Å². The molecular formula is C20H25BrN2O4S.